The zero-order chi connectivity index (χ0) is 18.4. The molecule has 0 bridgehead atoms. The average molecular weight is 349 g/mol. The van der Waals surface area contributed by atoms with Crippen molar-refractivity contribution in [2.24, 2.45) is 11.8 Å². The van der Waals surface area contributed by atoms with E-state index in [1.165, 1.54) is 24.6 Å². The van der Waals surface area contributed by atoms with Crippen LogP contribution in [-0.4, -0.2) is 42.9 Å². The molecule has 0 heterocycles. The summed E-state index contributed by atoms with van der Waals surface area (Å²) in [6, 6.07) is 5.95. The summed E-state index contributed by atoms with van der Waals surface area (Å²) < 4.78 is 13.1. The SMILES string of the molecule is C[C@H]1[C@H](C)CCC[C@@H]1NC(=O)CN(C)CC(=O)Nc1cccc(F)c1. The third-order valence-electron chi connectivity index (χ3n) is 4.99. The second-order valence-corrected chi connectivity index (χ2v) is 7.17. The standard InChI is InChI=1S/C19H28FN3O2/c1-13-6-4-9-17(14(13)2)22-19(25)12-23(3)11-18(24)21-16-8-5-7-15(20)10-16/h5,7-8,10,13-14,17H,4,6,9,11-12H2,1-3H3,(H,21,24)(H,22,25)/t13-,14+,17+/m1/s1. The topological polar surface area (TPSA) is 61.4 Å². The fraction of sp³-hybridized carbons (Fsp3) is 0.579. The molecule has 25 heavy (non-hydrogen) atoms. The lowest BCUT2D eigenvalue weighted by atomic mass is 9.78. The van der Waals surface area contributed by atoms with Gasteiger partial charge in [0.1, 0.15) is 5.82 Å². The van der Waals surface area contributed by atoms with E-state index in [4.69, 9.17) is 0 Å². The molecule has 2 rings (SSSR count). The monoisotopic (exact) mass is 349 g/mol. The van der Waals surface area contributed by atoms with Gasteiger partial charge in [-0.15, -0.1) is 0 Å². The highest BCUT2D eigenvalue weighted by Gasteiger charge is 2.28. The molecule has 0 radical (unpaired) electrons. The normalized spacial score (nSPS) is 23.3. The van der Waals surface area contributed by atoms with Crippen LogP contribution in [0.5, 0.6) is 0 Å². The number of hydrogen-bond donors (Lipinski definition) is 2. The van der Waals surface area contributed by atoms with Crippen LogP contribution in [-0.2, 0) is 9.59 Å². The summed E-state index contributed by atoms with van der Waals surface area (Å²) in [5.74, 6) is 0.349. The molecular formula is C19H28FN3O2. The molecule has 138 valence electrons. The van der Waals surface area contributed by atoms with Gasteiger partial charge >= 0.3 is 0 Å². The van der Waals surface area contributed by atoms with Gasteiger partial charge in [-0.05, 0) is 43.5 Å². The molecular weight excluding hydrogens is 321 g/mol. The van der Waals surface area contributed by atoms with Gasteiger partial charge in [-0.2, -0.15) is 0 Å². The number of carbonyl (C=O) groups excluding carboxylic acids is 2. The van der Waals surface area contributed by atoms with E-state index >= 15 is 0 Å². The van der Waals surface area contributed by atoms with Gasteiger partial charge < -0.3 is 10.6 Å². The van der Waals surface area contributed by atoms with Crippen molar-refractivity contribution in [3.05, 3.63) is 30.1 Å². The number of likely N-dealkylation sites (N-methyl/N-ethyl adjacent to an activating group) is 1. The molecule has 1 fully saturated rings. The zero-order valence-corrected chi connectivity index (χ0v) is 15.2. The number of amides is 2. The van der Waals surface area contributed by atoms with Crippen LogP contribution in [0.25, 0.3) is 0 Å². The van der Waals surface area contributed by atoms with Gasteiger partial charge in [0.2, 0.25) is 11.8 Å². The third kappa shape index (κ3) is 6.12. The van der Waals surface area contributed by atoms with Crippen LogP contribution in [0.4, 0.5) is 10.1 Å². The molecule has 5 nitrogen and oxygen atoms in total. The minimum absolute atomic E-state index is 0.0630. The lowest BCUT2D eigenvalue weighted by molar-refractivity contribution is -0.124. The van der Waals surface area contributed by atoms with Crippen LogP contribution in [0, 0.1) is 17.7 Å². The van der Waals surface area contributed by atoms with E-state index in [0.717, 1.165) is 12.8 Å². The first-order valence-corrected chi connectivity index (χ1v) is 8.88. The minimum Gasteiger partial charge on any atom is -0.352 e. The first-order valence-electron chi connectivity index (χ1n) is 8.88. The molecule has 2 N–H and O–H groups in total. The largest absolute Gasteiger partial charge is 0.352 e. The number of rotatable bonds is 6. The molecule has 0 unspecified atom stereocenters. The van der Waals surface area contributed by atoms with Gasteiger partial charge in [-0.1, -0.05) is 32.8 Å². The van der Waals surface area contributed by atoms with Crippen LogP contribution in [0.3, 0.4) is 0 Å². The highest BCUT2D eigenvalue weighted by Crippen LogP contribution is 2.29. The van der Waals surface area contributed by atoms with E-state index < -0.39 is 5.82 Å². The maximum absolute atomic E-state index is 13.1. The maximum atomic E-state index is 13.1. The summed E-state index contributed by atoms with van der Waals surface area (Å²) in [6.07, 6.45) is 3.37. The van der Waals surface area contributed by atoms with Crippen LogP contribution >= 0.6 is 0 Å². The molecule has 3 atom stereocenters. The van der Waals surface area contributed by atoms with Gasteiger partial charge in [0.15, 0.2) is 0 Å². The molecule has 1 saturated carbocycles. The van der Waals surface area contributed by atoms with E-state index in [1.54, 1.807) is 18.0 Å². The van der Waals surface area contributed by atoms with E-state index in [9.17, 15) is 14.0 Å². The lowest BCUT2D eigenvalue weighted by Gasteiger charge is -2.34. The van der Waals surface area contributed by atoms with Gasteiger partial charge in [0, 0.05) is 11.7 Å². The Hall–Kier alpha value is -1.95. The smallest absolute Gasteiger partial charge is 0.238 e. The average Bonchev–Trinajstić information content (AvgIpc) is 2.51. The third-order valence-corrected chi connectivity index (χ3v) is 4.99. The van der Waals surface area contributed by atoms with E-state index in [0.29, 0.717) is 17.5 Å². The van der Waals surface area contributed by atoms with Crippen LogP contribution in [0.2, 0.25) is 0 Å². The summed E-state index contributed by atoms with van der Waals surface area (Å²) >= 11 is 0. The Bertz CT molecular complexity index is 608. The van der Waals surface area contributed by atoms with Crippen molar-refractivity contribution < 1.29 is 14.0 Å². The number of anilines is 1. The molecule has 0 aromatic heterocycles. The van der Waals surface area contributed by atoms with Gasteiger partial charge in [0.25, 0.3) is 0 Å². The van der Waals surface area contributed by atoms with Crippen molar-refractivity contribution in [1.82, 2.24) is 10.2 Å². The Morgan fingerprint density at radius 2 is 1.92 bits per heavy atom. The highest BCUT2D eigenvalue weighted by molar-refractivity contribution is 5.92. The first kappa shape index (κ1) is 19.4. The minimum atomic E-state index is -0.402. The second-order valence-electron chi connectivity index (χ2n) is 7.17. The number of nitrogens with zero attached hydrogens (tertiary/aromatic N) is 1. The van der Waals surface area contributed by atoms with Gasteiger partial charge in [-0.3, -0.25) is 14.5 Å². The lowest BCUT2D eigenvalue weighted by Crippen LogP contribution is -2.47. The molecule has 1 aliphatic carbocycles. The summed E-state index contributed by atoms with van der Waals surface area (Å²) in [4.78, 5) is 25.9. The van der Waals surface area contributed by atoms with Crippen molar-refractivity contribution in [2.45, 2.75) is 39.2 Å². The Kier molecular flexibility index (Phi) is 6.93. The van der Waals surface area contributed by atoms with Crippen molar-refractivity contribution in [2.75, 3.05) is 25.5 Å². The van der Waals surface area contributed by atoms with Crippen LogP contribution in [0.1, 0.15) is 33.1 Å². The van der Waals surface area contributed by atoms with E-state index in [1.807, 2.05) is 0 Å². The van der Waals surface area contributed by atoms with Crippen molar-refractivity contribution in [1.29, 1.82) is 0 Å². The highest BCUT2D eigenvalue weighted by atomic mass is 19.1. The summed E-state index contributed by atoms with van der Waals surface area (Å²) in [7, 11) is 1.72. The van der Waals surface area contributed by atoms with Gasteiger partial charge in [-0.25, -0.2) is 4.39 Å². The molecule has 0 saturated heterocycles. The fourth-order valence-electron chi connectivity index (χ4n) is 3.35. The predicted molar refractivity (Wildman–Crippen MR) is 96.6 cm³/mol. The molecule has 0 spiro atoms. The van der Waals surface area contributed by atoms with E-state index in [-0.39, 0.29) is 30.9 Å². The summed E-state index contributed by atoms with van der Waals surface area (Å²) in [6.45, 7) is 4.64. The zero-order valence-electron chi connectivity index (χ0n) is 15.2. The number of benzene rings is 1. The number of nitrogens with one attached hydrogen (secondary N) is 2. The Morgan fingerprint density at radius 1 is 1.20 bits per heavy atom. The number of halogens is 1. The molecule has 1 aromatic rings. The van der Waals surface area contributed by atoms with Crippen LogP contribution < -0.4 is 10.6 Å². The quantitative estimate of drug-likeness (QED) is 0.830. The van der Waals surface area contributed by atoms with E-state index in [2.05, 4.69) is 24.5 Å². The van der Waals surface area contributed by atoms with Crippen molar-refractivity contribution >= 4 is 17.5 Å². The summed E-state index contributed by atoms with van der Waals surface area (Å²) in [5, 5.41) is 5.73. The Labute approximate surface area is 149 Å². The maximum Gasteiger partial charge on any atom is 0.238 e. The molecule has 1 aromatic carbocycles. The molecule has 0 aliphatic heterocycles. The summed E-state index contributed by atoms with van der Waals surface area (Å²) in [5.41, 5.74) is 0.410. The second kappa shape index (κ2) is 8.94. The molecule has 1 aliphatic rings. The molecule has 6 heteroatoms. The molecule has 2 amide bonds. The number of hydrogen-bond acceptors (Lipinski definition) is 3. The Morgan fingerprint density at radius 3 is 2.64 bits per heavy atom. The van der Waals surface area contributed by atoms with Gasteiger partial charge in [0.05, 0.1) is 13.1 Å². The Balaban J connectivity index is 1.76. The van der Waals surface area contributed by atoms with Crippen molar-refractivity contribution in [3.63, 3.8) is 0 Å². The predicted octanol–water partition coefficient (Wildman–Crippen LogP) is 2.64. The fourth-order valence-corrected chi connectivity index (χ4v) is 3.35. The van der Waals surface area contributed by atoms with Crippen LogP contribution in [0.15, 0.2) is 24.3 Å². The number of carbonyl (C=O) groups is 2. The first-order chi connectivity index (χ1) is 11.8. The van der Waals surface area contributed by atoms with Crippen molar-refractivity contribution in [3.8, 4) is 0 Å².